The van der Waals surface area contributed by atoms with E-state index >= 15 is 0 Å². The Kier molecular flexibility index (Phi) is 7.19. The first-order valence-electron chi connectivity index (χ1n) is 7.71. The molecule has 0 aliphatic rings. The lowest BCUT2D eigenvalue weighted by atomic mass is 10.1. The Balaban J connectivity index is 2.20. The number of methoxy groups -OCH3 is 1. The van der Waals surface area contributed by atoms with Crippen molar-refractivity contribution < 1.29 is 14.3 Å². The molecule has 2 N–H and O–H groups in total. The van der Waals surface area contributed by atoms with Crippen molar-refractivity contribution in [2.45, 2.75) is 0 Å². The molecule has 0 bridgehead atoms. The molecule has 0 aliphatic carbocycles. The molecule has 0 aliphatic heterocycles. The van der Waals surface area contributed by atoms with Gasteiger partial charge in [0.15, 0.2) is 0 Å². The largest absolute Gasteiger partial charge is 0.383 e. The second-order valence-electron chi connectivity index (χ2n) is 5.18. The van der Waals surface area contributed by atoms with Gasteiger partial charge in [0.2, 0.25) is 0 Å². The number of halogens is 1. The SMILES string of the molecule is COCCNC(=O)/C(=C\c1ccc(Cl)cc1)NC(=O)c1ccccc1. The Morgan fingerprint density at radius 2 is 1.76 bits per heavy atom. The fourth-order valence-electron chi connectivity index (χ4n) is 2.03. The molecule has 0 unspecified atom stereocenters. The van der Waals surface area contributed by atoms with Crippen molar-refractivity contribution in [1.82, 2.24) is 10.6 Å². The topological polar surface area (TPSA) is 67.4 Å². The molecule has 0 heterocycles. The highest BCUT2D eigenvalue weighted by molar-refractivity contribution is 6.30. The van der Waals surface area contributed by atoms with Crippen LogP contribution in [0.5, 0.6) is 0 Å². The number of hydrogen-bond acceptors (Lipinski definition) is 3. The predicted molar refractivity (Wildman–Crippen MR) is 98.2 cm³/mol. The molecule has 0 radical (unpaired) electrons. The van der Waals surface area contributed by atoms with Gasteiger partial charge in [-0.2, -0.15) is 0 Å². The maximum Gasteiger partial charge on any atom is 0.267 e. The third kappa shape index (κ3) is 6.06. The molecular weight excluding hydrogens is 340 g/mol. The fourth-order valence-corrected chi connectivity index (χ4v) is 2.16. The first kappa shape index (κ1) is 18.7. The lowest BCUT2D eigenvalue weighted by Gasteiger charge is -2.11. The summed E-state index contributed by atoms with van der Waals surface area (Å²) >= 11 is 5.88. The van der Waals surface area contributed by atoms with E-state index in [-0.39, 0.29) is 11.6 Å². The highest BCUT2D eigenvalue weighted by atomic mass is 35.5. The number of ether oxygens (including phenoxy) is 1. The number of nitrogens with one attached hydrogen (secondary N) is 2. The number of rotatable bonds is 7. The number of carbonyl (C=O) groups excluding carboxylic acids is 2. The molecule has 5 nitrogen and oxygen atoms in total. The summed E-state index contributed by atoms with van der Waals surface area (Å²) in [7, 11) is 1.55. The van der Waals surface area contributed by atoms with Crippen LogP contribution >= 0.6 is 11.6 Å². The van der Waals surface area contributed by atoms with Crippen molar-refractivity contribution in [3.63, 3.8) is 0 Å². The minimum Gasteiger partial charge on any atom is -0.383 e. The molecule has 0 fully saturated rings. The van der Waals surface area contributed by atoms with Crippen LogP contribution < -0.4 is 10.6 Å². The summed E-state index contributed by atoms with van der Waals surface area (Å²) < 4.78 is 4.92. The molecule has 0 atom stereocenters. The van der Waals surface area contributed by atoms with E-state index < -0.39 is 5.91 Å². The first-order valence-corrected chi connectivity index (χ1v) is 8.09. The molecule has 2 aromatic rings. The van der Waals surface area contributed by atoms with E-state index in [0.717, 1.165) is 5.56 Å². The molecule has 0 saturated heterocycles. The average Bonchev–Trinajstić information content (AvgIpc) is 2.63. The molecule has 0 saturated carbocycles. The average molecular weight is 359 g/mol. The highest BCUT2D eigenvalue weighted by Gasteiger charge is 2.14. The van der Waals surface area contributed by atoms with Gasteiger partial charge in [-0.3, -0.25) is 9.59 Å². The van der Waals surface area contributed by atoms with Gasteiger partial charge in [0.25, 0.3) is 11.8 Å². The van der Waals surface area contributed by atoms with E-state index in [2.05, 4.69) is 10.6 Å². The van der Waals surface area contributed by atoms with Crippen LogP contribution in [0.2, 0.25) is 5.02 Å². The lowest BCUT2D eigenvalue weighted by molar-refractivity contribution is -0.117. The minimum atomic E-state index is -0.392. The Bertz CT molecular complexity index is 743. The molecule has 0 spiro atoms. The first-order chi connectivity index (χ1) is 12.1. The van der Waals surface area contributed by atoms with Crippen LogP contribution in [0.15, 0.2) is 60.3 Å². The molecule has 2 amide bonds. The Morgan fingerprint density at radius 1 is 1.08 bits per heavy atom. The smallest absolute Gasteiger partial charge is 0.267 e. The normalized spacial score (nSPS) is 11.0. The van der Waals surface area contributed by atoms with Crippen LogP contribution in [-0.2, 0) is 9.53 Å². The van der Waals surface area contributed by atoms with Gasteiger partial charge in [0.1, 0.15) is 5.70 Å². The monoisotopic (exact) mass is 358 g/mol. The third-order valence-corrected chi connectivity index (χ3v) is 3.55. The Morgan fingerprint density at radius 3 is 2.40 bits per heavy atom. The van der Waals surface area contributed by atoms with Crippen LogP contribution in [0.4, 0.5) is 0 Å². The summed E-state index contributed by atoms with van der Waals surface area (Å²) in [5.74, 6) is -0.751. The van der Waals surface area contributed by atoms with Gasteiger partial charge in [0, 0.05) is 24.2 Å². The van der Waals surface area contributed by atoms with Gasteiger partial charge in [0.05, 0.1) is 6.61 Å². The van der Waals surface area contributed by atoms with Gasteiger partial charge >= 0.3 is 0 Å². The van der Waals surface area contributed by atoms with E-state index in [0.29, 0.717) is 23.7 Å². The third-order valence-electron chi connectivity index (χ3n) is 3.30. The quantitative estimate of drug-likeness (QED) is 0.590. The van der Waals surface area contributed by atoms with Gasteiger partial charge < -0.3 is 15.4 Å². The summed E-state index contributed by atoms with van der Waals surface area (Å²) in [6.07, 6.45) is 1.60. The maximum atomic E-state index is 12.4. The highest BCUT2D eigenvalue weighted by Crippen LogP contribution is 2.12. The van der Waals surface area contributed by atoms with Gasteiger partial charge in [-0.25, -0.2) is 0 Å². The maximum absolute atomic E-state index is 12.4. The summed E-state index contributed by atoms with van der Waals surface area (Å²) in [4.78, 5) is 24.7. The van der Waals surface area contributed by atoms with Gasteiger partial charge in [-0.15, -0.1) is 0 Å². The van der Waals surface area contributed by atoms with Crippen molar-refractivity contribution >= 4 is 29.5 Å². The van der Waals surface area contributed by atoms with Crippen molar-refractivity contribution in [3.8, 4) is 0 Å². The van der Waals surface area contributed by atoms with Crippen molar-refractivity contribution in [2.24, 2.45) is 0 Å². The van der Waals surface area contributed by atoms with E-state index in [9.17, 15) is 9.59 Å². The number of carbonyl (C=O) groups is 2. The minimum absolute atomic E-state index is 0.146. The van der Waals surface area contributed by atoms with Crippen LogP contribution in [0.1, 0.15) is 15.9 Å². The zero-order chi connectivity index (χ0) is 18.1. The molecule has 2 rings (SSSR count). The summed E-state index contributed by atoms with van der Waals surface area (Å²) in [6.45, 7) is 0.723. The standard InChI is InChI=1S/C19H19ClN2O3/c1-25-12-11-21-19(24)17(13-14-7-9-16(20)10-8-14)22-18(23)15-5-3-2-4-6-15/h2-10,13H,11-12H2,1H3,(H,21,24)(H,22,23)/b17-13+. The summed E-state index contributed by atoms with van der Waals surface area (Å²) in [6, 6.07) is 15.7. The van der Waals surface area contributed by atoms with E-state index in [1.807, 2.05) is 6.07 Å². The van der Waals surface area contributed by atoms with Gasteiger partial charge in [-0.05, 0) is 35.9 Å². The van der Waals surface area contributed by atoms with Crippen LogP contribution in [0.3, 0.4) is 0 Å². The van der Waals surface area contributed by atoms with Crippen LogP contribution in [-0.4, -0.2) is 32.1 Å². The second kappa shape index (κ2) is 9.61. The Labute approximate surface area is 151 Å². The number of hydrogen-bond donors (Lipinski definition) is 2. The van der Waals surface area contributed by atoms with Crippen molar-refractivity contribution in [2.75, 3.05) is 20.3 Å². The number of amides is 2. The lowest BCUT2D eigenvalue weighted by Crippen LogP contribution is -2.36. The van der Waals surface area contributed by atoms with Crippen LogP contribution in [0, 0.1) is 0 Å². The summed E-state index contributed by atoms with van der Waals surface area (Å²) in [5.41, 5.74) is 1.36. The van der Waals surface area contributed by atoms with Crippen LogP contribution in [0.25, 0.3) is 6.08 Å². The van der Waals surface area contributed by atoms with E-state index in [1.54, 1.807) is 61.7 Å². The van der Waals surface area contributed by atoms with Crippen molar-refractivity contribution in [3.05, 3.63) is 76.4 Å². The zero-order valence-corrected chi connectivity index (χ0v) is 14.5. The molecular formula is C19H19ClN2O3. The van der Waals surface area contributed by atoms with E-state index in [1.165, 1.54) is 0 Å². The number of benzene rings is 2. The van der Waals surface area contributed by atoms with Crippen molar-refractivity contribution in [1.29, 1.82) is 0 Å². The van der Waals surface area contributed by atoms with Gasteiger partial charge in [-0.1, -0.05) is 41.9 Å². The summed E-state index contributed by atoms with van der Waals surface area (Å²) in [5, 5.41) is 5.95. The molecule has 2 aromatic carbocycles. The fraction of sp³-hybridized carbons (Fsp3) is 0.158. The second-order valence-corrected chi connectivity index (χ2v) is 5.61. The molecule has 0 aromatic heterocycles. The predicted octanol–water partition coefficient (Wildman–Crippen LogP) is 2.87. The molecule has 6 heteroatoms. The Hall–Kier alpha value is -2.63. The van der Waals surface area contributed by atoms with E-state index in [4.69, 9.17) is 16.3 Å². The molecule has 25 heavy (non-hydrogen) atoms. The zero-order valence-electron chi connectivity index (χ0n) is 13.8. The molecule has 130 valence electrons.